The molecule has 0 aromatic rings. The molecule has 9 heavy (non-hydrogen) atoms. The maximum atomic E-state index is 8.76. The van der Waals surface area contributed by atoms with Gasteiger partial charge in [-0.1, -0.05) is 0 Å². The van der Waals surface area contributed by atoms with Crippen molar-refractivity contribution in [3.63, 3.8) is 0 Å². The Morgan fingerprint density at radius 1 is 0.778 bits per heavy atom. The molecule has 0 unspecified atom stereocenters. The third kappa shape index (κ3) is 805. The Morgan fingerprint density at radius 2 is 0.778 bits per heavy atom. The van der Waals surface area contributed by atoms with Gasteiger partial charge in [0.05, 0.1) is 0 Å². The van der Waals surface area contributed by atoms with Crippen LogP contribution in [0.25, 0.3) is 0 Å². The van der Waals surface area contributed by atoms with Crippen LogP contribution in [0.15, 0.2) is 0 Å². The van der Waals surface area contributed by atoms with Crippen LogP contribution in [-0.2, 0) is 7.67 Å². The maximum absolute atomic E-state index is 8.76. The summed E-state index contributed by atoms with van der Waals surface area (Å²) in [5.74, 6) is 0. The third-order valence-corrected chi connectivity index (χ3v) is 0. The van der Waals surface area contributed by atoms with Crippen LogP contribution in [0, 0.1) is 0 Å². The Bertz CT molecular complexity index is 69.1. The molecule has 0 aromatic heterocycles. The summed E-state index contributed by atoms with van der Waals surface area (Å²) in [5.41, 5.74) is 0. The molecule has 0 atom stereocenters. The predicted molar refractivity (Wildman–Crippen MR) is 27.5 cm³/mol. The van der Waals surface area contributed by atoms with Crippen molar-refractivity contribution >= 4 is 40.0 Å². The van der Waals surface area contributed by atoms with Gasteiger partial charge in [-0.2, -0.15) is 0 Å². The second-order valence-corrected chi connectivity index (χ2v) is 2.40. The fourth-order valence-corrected chi connectivity index (χ4v) is 0. The average Bonchev–Trinajstić information content (AvgIpc) is 1.25. The van der Waals surface area contributed by atoms with E-state index in [0.29, 0.717) is 0 Å². The summed E-state index contributed by atoms with van der Waals surface area (Å²) in [7, 11) is 0. The Balaban J connectivity index is -0.0000000720. The largest absolute Gasteiger partial charge is 0 e. The maximum Gasteiger partial charge on any atom is 0 e. The molecular formula is H4O6Se2Si. The van der Waals surface area contributed by atoms with Crippen LogP contribution in [0.4, 0.5) is 0 Å². The van der Waals surface area contributed by atoms with Crippen molar-refractivity contribution in [1.29, 1.82) is 0 Å². The fraction of sp³-hybridized carbons (Fsp3) is 0. The van der Waals surface area contributed by atoms with Crippen LogP contribution in [0.2, 0.25) is 0 Å². The van der Waals surface area contributed by atoms with Crippen molar-refractivity contribution in [3.05, 3.63) is 0 Å². The minimum absolute atomic E-state index is 0. The van der Waals surface area contributed by atoms with Gasteiger partial charge in [0.1, 0.15) is 0 Å². The van der Waals surface area contributed by atoms with Gasteiger partial charge in [-0.05, 0) is 0 Å². The van der Waals surface area contributed by atoms with E-state index in [1.165, 1.54) is 0 Å². The molecule has 0 aromatic carbocycles. The van der Waals surface area contributed by atoms with Crippen molar-refractivity contribution in [1.82, 2.24) is 0 Å². The summed E-state index contributed by atoms with van der Waals surface area (Å²) in [6.45, 7) is 0. The predicted octanol–water partition coefficient (Wildman–Crippen LogP) is -3.61. The van der Waals surface area contributed by atoms with Gasteiger partial charge in [-0.15, -0.1) is 0 Å². The molecule has 0 fully saturated rings. The molecule has 0 saturated heterocycles. The monoisotopic (exact) mass is 288 g/mol. The Labute approximate surface area is 64.6 Å². The van der Waals surface area contributed by atoms with E-state index < -0.39 is 29.0 Å². The molecule has 0 saturated carbocycles. The first-order valence-electron chi connectivity index (χ1n) is 1.06. The van der Waals surface area contributed by atoms with Gasteiger partial charge >= 0.3 is 53.4 Å². The molecule has 56 valence electrons. The van der Waals surface area contributed by atoms with Crippen molar-refractivity contribution in [3.8, 4) is 0 Å². The van der Waals surface area contributed by atoms with Gasteiger partial charge in [-0.3, -0.25) is 0 Å². The molecule has 9 heteroatoms. The summed E-state index contributed by atoms with van der Waals surface area (Å²) in [6, 6.07) is 0. The number of hydrogen-bond acceptors (Lipinski definition) is 2. The molecular weight excluding hydrogens is 282 g/mol. The van der Waals surface area contributed by atoms with E-state index in [1.807, 2.05) is 0 Å². The molecule has 0 amide bonds. The zero-order chi connectivity index (χ0) is 7.15. The zero-order valence-corrected chi connectivity index (χ0v) is 8.35. The van der Waals surface area contributed by atoms with Crippen molar-refractivity contribution < 1.29 is 24.4 Å². The molecule has 0 spiro atoms. The minimum Gasteiger partial charge on any atom is 0 e. The van der Waals surface area contributed by atoms with Crippen LogP contribution in [0.1, 0.15) is 0 Å². The smallest absolute Gasteiger partial charge is 0 e. The normalized spacial score (nSPS) is 7.78. The fourth-order valence-electron chi connectivity index (χ4n) is 0. The van der Waals surface area contributed by atoms with Crippen molar-refractivity contribution in [2.45, 2.75) is 0 Å². The van der Waals surface area contributed by atoms with Gasteiger partial charge in [0.2, 0.25) is 0 Å². The van der Waals surface area contributed by atoms with Crippen molar-refractivity contribution in [2.24, 2.45) is 0 Å². The SMILES string of the molecule is O=[Se](O)O.O=[Se](O)O.[Si]. The molecule has 0 bridgehead atoms. The first kappa shape index (κ1) is 16.4. The Morgan fingerprint density at radius 3 is 0.778 bits per heavy atom. The molecule has 4 radical (unpaired) electrons. The van der Waals surface area contributed by atoms with Crippen LogP contribution < -0.4 is 0 Å². The Hall–Kier alpha value is 0.696. The summed E-state index contributed by atoms with van der Waals surface area (Å²) in [5, 5.41) is 0. The zero-order valence-electron chi connectivity index (χ0n) is 3.92. The topological polar surface area (TPSA) is 115 Å². The van der Waals surface area contributed by atoms with E-state index in [0.717, 1.165) is 0 Å². The van der Waals surface area contributed by atoms with Crippen LogP contribution >= 0.6 is 0 Å². The molecule has 0 aliphatic heterocycles. The second kappa shape index (κ2) is 11.5. The second-order valence-electron chi connectivity index (χ2n) is 0.461. The summed E-state index contributed by atoms with van der Waals surface area (Å²) in [6.07, 6.45) is 0. The van der Waals surface area contributed by atoms with Gasteiger partial charge in [0, 0.05) is 11.0 Å². The Kier molecular flexibility index (Phi) is 20.9. The molecule has 0 rings (SSSR count). The van der Waals surface area contributed by atoms with Crippen molar-refractivity contribution in [2.75, 3.05) is 0 Å². The van der Waals surface area contributed by atoms with Crippen LogP contribution in [0.3, 0.4) is 0 Å². The van der Waals surface area contributed by atoms with E-state index in [9.17, 15) is 0 Å². The van der Waals surface area contributed by atoms with Gasteiger partial charge in [-0.25, -0.2) is 0 Å². The summed E-state index contributed by atoms with van der Waals surface area (Å²) < 4.78 is 46.2. The number of hydrogen-bond donors (Lipinski definition) is 4. The van der Waals surface area contributed by atoms with E-state index >= 15 is 0 Å². The van der Waals surface area contributed by atoms with E-state index in [4.69, 9.17) is 24.4 Å². The molecule has 0 aliphatic rings. The van der Waals surface area contributed by atoms with E-state index in [-0.39, 0.29) is 11.0 Å². The molecule has 4 N–H and O–H groups in total. The van der Waals surface area contributed by atoms with Gasteiger partial charge < -0.3 is 0 Å². The van der Waals surface area contributed by atoms with Crippen LogP contribution in [0.5, 0.6) is 0 Å². The third-order valence-electron chi connectivity index (χ3n) is 0. The van der Waals surface area contributed by atoms with Gasteiger partial charge in [0.25, 0.3) is 0 Å². The van der Waals surface area contributed by atoms with E-state index in [2.05, 4.69) is 0 Å². The average molecular weight is 286 g/mol. The standard InChI is InChI=1S/2H2O3Se.Si/c2*1-4(2)3;/h2*(H2,1,2,3);. The number of rotatable bonds is 0. The molecule has 0 aliphatic carbocycles. The van der Waals surface area contributed by atoms with Gasteiger partial charge in [0.15, 0.2) is 0 Å². The van der Waals surface area contributed by atoms with E-state index in [1.54, 1.807) is 0 Å². The molecule has 6 nitrogen and oxygen atoms in total. The first-order chi connectivity index (χ1) is 3.46. The van der Waals surface area contributed by atoms with Crippen LogP contribution in [-0.4, -0.2) is 56.7 Å². The minimum atomic E-state index is -3.29. The first-order valence-corrected chi connectivity index (χ1v) is 5.53. The summed E-state index contributed by atoms with van der Waals surface area (Å²) >= 11 is -6.58. The summed E-state index contributed by atoms with van der Waals surface area (Å²) in [4.78, 5) is 0. The quantitative estimate of drug-likeness (QED) is 0.342. The molecule has 0 heterocycles.